The summed E-state index contributed by atoms with van der Waals surface area (Å²) < 4.78 is 5.47. The minimum absolute atomic E-state index is 0.00700. The summed E-state index contributed by atoms with van der Waals surface area (Å²) in [6, 6.07) is 16.0. The van der Waals surface area contributed by atoms with Crippen molar-refractivity contribution in [3.05, 3.63) is 59.7 Å². The highest BCUT2D eigenvalue weighted by molar-refractivity contribution is 5.95. The Balaban J connectivity index is 1.59. The number of methoxy groups -OCH3 is 1. The second-order valence-corrected chi connectivity index (χ2v) is 6.85. The van der Waals surface area contributed by atoms with Crippen molar-refractivity contribution in [1.29, 1.82) is 0 Å². The minimum Gasteiger partial charge on any atom is -0.495 e. The third-order valence-electron chi connectivity index (χ3n) is 5.03. The van der Waals surface area contributed by atoms with Crippen LogP contribution in [0.1, 0.15) is 35.7 Å². The van der Waals surface area contributed by atoms with Crippen LogP contribution in [0.15, 0.2) is 48.5 Å². The Kier molecular flexibility index (Phi) is 6.71. The number of unbranched alkanes of at least 4 members (excludes halogenated alkanes) is 1. The van der Waals surface area contributed by atoms with Gasteiger partial charge in [-0.15, -0.1) is 0 Å². The first-order chi connectivity index (χ1) is 13.2. The lowest BCUT2D eigenvalue weighted by Crippen LogP contribution is -2.53. The monoisotopic (exact) mass is 367 g/mol. The molecule has 0 spiro atoms. The topological polar surface area (TPSA) is 44.8 Å². The lowest BCUT2D eigenvalue weighted by atomic mass is 10.0. The number of carbonyl (C=O) groups excluding carboxylic acids is 1. The summed E-state index contributed by atoms with van der Waals surface area (Å²) in [5.74, 6) is 0.882. The van der Waals surface area contributed by atoms with Crippen LogP contribution in [0.25, 0.3) is 0 Å². The van der Waals surface area contributed by atoms with Crippen LogP contribution in [-0.4, -0.2) is 44.2 Å². The van der Waals surface area contributed by atoms with Gasteiger partial charge in [-0.1, -0.05) is 43.7 Å². The number of piperazine rings is 1. The summed E-state index contributed by atoms with van der Waals surface area (Å²) in [7, 11) is 1.70. The molecule has 1 aliphatic heterocycles. The van der Waals surface area contributed by atoms with Crippen molar-refractivity contribution in [2.75, 3.05) is 38.2 Å². The summed E-state index contributed by atoms with van der Waals surface area (Å²) in [6.45, 7) is 5.42. The number of hydrogen-bond donors (Lipinski definition) is 1. The van der Waals surface area contributed by atoms with Crippen LogP contribution < -0.4 is 15.1 Å². The fraction of sp³-hybridized carbons (Fsp3) is 0.409. The van der Waals surface area contributed by atoms with Crippen LogP contribution in [0.2, 0.25) is 0 Å². The number of rotatable bonds is 7. The number of anilines is 1. The zero-order chi connectivity index (χ0) is 19.1. The van der Waals surface area contributed by atoms with Crippen molar-refractivity contribution in [3.8, 4) is 5.75 Å². The van der Waals surface area contributed by atoms with Crippen LogP contribution in [0.5, 0.6) is 5.75 Å². The van der Waals surface area contributed by atoms with Crippen molar-refractivity contribution >= 4 is 11.6 Å². The third-order valence-corrected chi connectivity index (χ3v) is 5.03. The van der Waals surface area contributed by atoms with Gasteiger partial charge in [0.05, 0.1) is 12.8 Å². The van der Waals surface area contributed by atoms with E-state index in [2.05, 4.69) is 29.4 Å². The maximum absolute atomic E-state index is 12.8. The molecule has 0 aliphatic carbocycles. The number of nitrogens with one attached hydrogen (secondary N) is 1. The number of hydrazine groups is 1. The van der Waals surface area contributed by atoms with Gasteiger partial charge >= 0.3 is 0 Å². The van der Waals surface area contributed by atoms with E-state index in [-0.39, 0.29) is 5.91 Å². The third kappa shape index (κ3) is 4.80. The number of para-hydroxylation sites is 2. The number of carbonyl (C=O) groups is 1. The van der Waals surface area contributed by atoms with Gasteiger partial charge in [-0.2, -0.15) is 0 Å². The van der Waals surface area contributed by atoms with Gasteiger partial charge in [-0.05, 0) is 36.6 Å². The van der Waals surface area contributed by atoms with E-state index in [1.54, 1.807) is 7.11 Å². The number of hydrogen-bond acceptors (Lipinski definition) is 4. The first-order valence-corrected chi connectivity index (χ1v) is 9.74. The van der Waals surface area contributed by atoms with E-state index in [1.807, 2.05) is 41.4 Å². The van der Waals surface area contributed by atoms with Gasteiger partial charge < -0.3 is 9.64 Å². The molecular formula is C22H29N3O2. The molecule has 0 aromatic heterocycles. The van der Waals surface area contributed by atoms with Crippen molar-refractivity contribution in [3.63, 3.8) is 0 Å². The molecule has 2 aromatic carbocycles. The fourth-order valence-corrected chi connectivity index (χ4v) is 3.48. The average molecular weight is 367 g/mol. The first-order valence-electron chi connectivity index (χ1n) is 9.74. The molecule has 1 N–H and O–H groups in total. The van der Waals surface area contributed by atoms with E-state index >= 15 is 0 Å². The highest BCUT2D eigenvalue weighted by Gasteiger charge is 2.21. The van der Waals surface area contributed by atoms with Gasteiger partial charge in [0.25, 0.3) is 5.91 Å². The Bertz CT molecular complexity index is 755. The van der Waals surface area contributed by atoms with E-state index in [1.165, 1.54) is 0 Å². The molecule has 27 heavy (non-hydrogen) atoms. The number of nitrogens with zero attached hydrogens (tertiary/aromatic N) is 2. The van der Waals surface area contributed by atoms with Crippen molar-refractivity contribution < 1.29 is 9.53 Å². The predicted molar refractivity (Wildman–Crippen MR) is 109 cm³/mol. The minimum atomic E-state index is -0.00700. The molecular weight excluding hydrogens is 338 g/mol. The van der Waals surface area contributed by atoms with Crippen molar-refractivity contribution in [1.82, 2.24) is 10.4 Å². The molecule has 1 saturated heterocycles. The quantitative estimate of drug-likeness (QED) is 0.813. The lowest BCUT2D eigenvalue weighted by molar-refractivity contribution is 0.0776. The summed E-state index contributed by atoms with van der Waals surface area (Å²) in [6.07, 6.45) is 3.17. The Morgan fingerprint density at radius 1 is 1.04 bits per heavy atom. The Hall–Kier alpha value is -2.53. The molecule has 0 unspecified atom stereocenters. The van der Waals surface area contributed by atoms with Crippen LogP contribution in [0, 0.1) is 0 Å². The number of amides is 1. The Labute approximate surface area is 161 Å². The van der Waals surface area contributed by atoms with Crippen LogP contribution in [0.3, 0.4) is 0 Å². The largest absolute Gasteiger partial charge is 0.495 e. The summed E-state index contributed by atoms with van der Waals surface area (Å²) in [4.78, 5) is 15.1. The molecule has 1 amide bonds. The van der Waals surface area contributed by atoms with Gasteiger partial charge in [0.15, 0.2) is 0 Å². The molecule has 0 atom stereocenters. The van der Waals surface area contributed by atoms with Gasteiger partial charge in [-0.3, -0.25) is 10.2 Å². The molecule has 1 fully saturated rings. The molecule has 0 saturated carbocycles. The van der Waals surface area contributed by atoms with E-state index in [0.717, 1.165) is 68.0 Å². The zero-order valence-corrected chi connectivity index (χ0v) is 16.3. The molecule has 2 aromatic rings. The highest BCUT2D eigenvalue weighted by Crippen LogP contribution is 2.28. The molecule has 0 bridgehead atoms. The normalized spacial score (nSPS) is 14.8. The van der Waals surface area contributed by atoms with Crippen LogP contribution in [0.4, 0.5) is 5.69 Å². The first kappa shape index (κ1) is 19.2. The van der Waals surface area contributed by atoms with Crippen LogP contribution in [-0.2, 0) is 6.42 Å². The average Bonchev–Trinajstić information content (AvgIpc) is 2.73. The van der Waals surface area contributed by atoms with Crippen molar-refractivity contribution in [2.45, 2.75) is 26.2 Å². The summed E-state index contributed by atoms with van der Waals surface area (Å²) in [5, 5.41) is 2.02. The van der Waals surface area contributed by atoms with Crippen LogP contribution >= 0.6 is 0 Å². The second kappa shape index (κ2) is 9.42. The summed E-state index contributed by atoms with van der Waals surface area (Å²) in [5.41, 5.74) is 6.12. The fourth-order valence-electron chi connectivity index (χ4n) is 3.48. The smallest absolute Gasteiger partial charge is 0.265 e. The van der Waals surface area contributed by atoms with Gasteiger partial charge in [-0.25, -0.2) is 5.01 Å². The van der Waals surface area contributed by atoms with Gasteiger partial charge in [0.2, 0.25) is 0 Å². The molecule has 0 radical (unpaired) electrons. The second-order valence-electron chi connectivity index (χ2n) is 6.85. The predicted octanol–water partition coefficient (Wildman–Crippen LogP) is 3.50. The molecule has 5 nitrogen and oxygen atoms in total. The highest BCUT2D eigenvalue weighted by atomic mass is 16.5. The zero-order valence-electron chi connectivity index (χ0n) is 16.3. The lowest BCUT2D eigenvalue weighted by Gasteiger charge is -2.36. The van der Waals surface area contributed by atoms with E-state index in [9.17, 15) is 4.79 Å². The number of benzene rings is 2. The van der Waals surface area contributed by atoms with E-state index in [0.29, 0.717) is 0 Å². The van der Waals surface area contributed by atoms with Crippen molar-refractivity contribution in [2.24, 2.45) is 0 Å². The Morgan fingerprint density at radius 3 is 2.48 bits per heavy atom. The number of aryl methyl sites for hydroxylation is 1. The van der Waals surface area contributed by atoms with E-state index < -0.39 is 0 Å². The standard InChI is InChI=1S/C22H29N3O2/c1-3-4-9-18-10-5-6-11-19(18)22(26)23-25-16-14-24(15-17-25)20-12-7-8-13-21(20)27-2/h5-8,10-13H,3-4,9,14-17H2,1-2H3,(H,23,26). The maximum atomic E-state index is 12.8. The van der Waals surface area contributed by atoms with Gasteiger partial charge in [0.1, 0.15) is 5.75 Å². The Morgan fingerprint density at radius 2 is 1.74 bits per heavy atom. The molecule has 5 heteroatoms. The molecule has 3 rings (SSSR count). The number of ether oxygens (including phenoxy) is 1. The molecule has 1 heterocycles. The van der Waals surface area contributed by atoms with E-state index in [4.69, 9.17) is 4.74 Å². The SMILES string of the molecule is CCCCc1ccccc1C(=O)NN1CCN(c2ccccc2OC)CC1. The van der Waals surface area contributed by atoms with Gasteiger partial charge in [0, 0.05) is 31.7 Å². The summed E-state index contributed by atoms with van der Waals surface area (Å²) >= 11 is 0. The molecule has 144 valence electrons. The maximum Gasteiger partial charge on any atom is 0.265 e. The molecule has 1 aliphatic rings.